The number of aliphatic hydroxyl groups excluding tert-OH is 4. The van der Waals surface area contributed by atoms with Crippen molar-refractivity contribution in [2.24, 2.45) is 92.7 Å². The second-order valence-corrected chi connectivity index (χ2v) is 24.3. The van der Waals surface area contributed by atoms with Crippen LogP contribution in [0.3, 0.4) is 0 Å². The summed E-state index contributed by atoms with van der Waals surface area (Å²) < 4.78 is 0. The van der Waals surface area contributed by atoms with Gasteiger partial charge < -0.3 is 36.4 Å². The van der Waals surface area contributed by atoms with Crippen LogP contribution in [-0.4, -0.2) is 82.8 Å². The van der Waals surface area contributed by atoms with Gasteiger partial charge in [0.2, 0.25) is 11.8 Å². The normalized spacial score (nSPS) is 48.6. The topological polar surface area (TPSA) is 151 Å². The van der Waals surface area contributed by atoms with E-state index in [1.54, 1.807) is 0 Å². The molecule has 0 aromatic carbocycles. The first-order valence-corrected chi connectivity index (χ1v) is 26.0. The van der Waals surface area contributed by atoms with Gasteiger partial charge in [-0.05, 0) is 208 Å². The molecule has 8 aliphatic carbocycles. The molecule has 0 aromatic rings. The van der Waals surface area contributed by atoms with Gasteiger partial charge in [-0.25, -0.2) is 0 Å². The maximum Gasteiger partial charge on any atom is 0.220 e. The van der Waals surface area contributed by atoms with Gasteiger partial charge in [0.1, 0.15) is 0 Å². The zero-order valence-corrected chi connectivity index (χ0v) is 39.3. The minimum Gasteiger partial charge on any atom is -0.393 e. The summed E-state index contributed by atoms with van der Waals surface area (Å²) in [4.78, 5) is 25.9. The van der Waals surface area contributed by atoms with Gasteiger partial charge in [0.05, 0.1) is 24.4 Å². The van der Waals surface area contributed by atoms with Gasteiger partial charge in [-0.1, -0.05) is 41.5 Å². The van der Waals surface area contributed by atoms with Crippen LogP contribution in [0.2, 0.25) is 0 Å². The van der Waals surface area contributed by atoms with E-state index in [-0.39, 0.29) is 57.9 Å². The van der Waals surface area contributed by atoms with Crippen molar-refractivity contribution in [3.05, 3.63) is 0 Å². The van der Waals surface area contributed by atoms with Gasteiger partial charge in [0.15, 0.2) is 0 Å². The fourth-order valence-electron chi connectivity index (χ4n) is 18.3. The Bertz CT molecular complexity index is 1440. The third-order valence-electron chi connectivity index (χ3n) is 21.9. The van der Waals surface area contributed by atoms with Crippen molar-refractivity contribution in [2.45, 2.75) is 194 Å². The average molecular weight is 852 g/mol. The lowest BCUT2D eigenvalue weighted by molar-refractivity contribution is -0.175. The molecule has 8 rings (SSSR count). The van der Waals surface area contributed by atoms with Crippen molar-refractivity contribution >= 4 is 11.8 Å². The third kappa shape index (κ3) is 8.32. The van der Waals surface area contributed by atoms with E-state index >= 15 is 0 Å². The number of carbonyl (C=O) groups is 2. The maximum atomic E-state index is 12.9. The molecule has 2 amide bonds. The molecule has 9 heteroatoms. The summed E-state index contributed by atoms with van der Waals surface area (Å²) in [5.41, 5.74) is 0.345. The highest BCUT2D eigenvalue weighted by molar-refractivity contribution is 5.76. The van der Waals surface area contributed by atoms with E-state index < -0.39 is 0 Å². The Labute approximate surface area is 369 Å². The molecule has 20 atom stereocenters. The van der Waals surface area contributed by atoms with Crippen molar-refractivity contribution in [3.8, 4) is 0 Å². The van der Waals surface area contributed by atoms with Crippen LogP contribution in [0.25, 0.3) is 0 Å². The van der Waals surface area contributed by atoms with Gasteiger partial charge in [-0.3, -0.25) is 9.59 Å². The van der Waals surface area contributed by atoms with Crippen LogP contribution in [0.5, 0.6) is 0 Å². The van der Waals surface area contributed by atoms with Gasteiger partial charge in [-0.15, -0.1) is 0 Å². The van der Waals surface area contributed by atoms with Crippen LogP contribution in [0, 0.1) is 92.7 Å². The summed E-state index contributed by atoms with van der Waals surface area (Å²) in [5, 5.41) is 54.2. The largest absolute Gasteiger partial charge is 0.393 e. The van der Waals surface area contributed by atoms with Gasteiger partial charge in [0, 0.05) is 39.0 Å². The molecule has 0 heterocycles. The molecule has 7 N–H and O–H groups in total. The van der Waals surface area contributed by atoms with E-state index in [0.717, 1.165) is 77.0 Å². The molecule has 9 nitrogen and oxygen atoms in total. The number of hydrogen-bond acceptors (Lipinski definition) is 7. The predicted molar refractivity (Wildman–Crippen MR) is 241 cm³/mol. The Morgan fingerprint density at radius 1 is 0.525 bits per heavy atom. The van der Waals surface area contributed by atoms with Gasteiger partial charge in [0.25, 0.3) is 0 Å². The summed E-state index contributed by atoms with van der Waals surface area (Å²) in [6.45, 7) is 16.8. The second kappa shape index (κ2) is 18.2. The van der Waals surface area contributed by atoms with E-state index in [0.29, 0.717) is 110 Å². The van der Waals surface area contributed by atoms with E-state index in [1.165, 1.54) is 38.5 Å². The maximum absolute atomic E-state index is 12.9. The van der Waals surface area contributed by atoms with Crippen molar-refractivity contribution in [1.29, 1.82) is 0 Å². The van der Waals surface area contributed by atoms with Crippen molar-refractivity contribution in [2.75, 3.05) is 26.2 Å². The van der Waals surface area contributed by atoms with Crippen LogP contribution in [0.1, 0.15) is 170 Å². The van der Waals surface area contributed by atoms with E-state index in [1.807, 2.05) is 0 Å². The van der Waals surface area contributed by atoms with E-state index in [4.69, 9.17) is 0 Å². The lowest BCUT2D eigenvalue weighted by Gasteiger charge is -2.62. The zero-order valence-electron chi connectivity index (χ0n) is 39.3. The molecular formula is C52H89N3O6. The molecule has 8 aliphatic rings. The summed E-state index contributed by atoms with van der Waals surface area (Å²) in [7, 11) is 0. The molecule has 8 fully saturated rings. The monoisotopic (exact) mass is 852 g/mol. The predicted octanol–water partition coefficient (Wildman–Crippen LogP) is 7.62. The standard InChI is InChI=1S/C52H89N3O6/c1-31(39-13-15-41-37-11-9-33-27-35(56)19-21-49(33,3)43(37)29-45(58)51(39,41)5)7-17-47(60)54-25-23-53-24-26-55-48(61)18-8-32(2)40-14-16-42-38-12-10-34-28-36(57)20-22-50(34,4)44(38)30-46(59)52(40,42)6/h31-46,53,56-59H,7-30H2,1-6H3,(H,54,60)(H,55,61)/t31-,32-,33?,34?,35-,36-,37?,38?,39-,40-,41?,42?,43?,44?,45+,46+,49+,50+,51-,52-/m1/s1. The molecule has 0 aromatic heterocycles. The minimum absolute atomic E-state index is 0.0766. The number of amides is 2. The molecule has 348 valence electrons. The first kappa shape index (κ1) is 46.3. The first-order valence-electron chi connectivity index (χ1n) is 26.0. The average Bonchev–Trinajstić information content (AvgIpc) is 3.79. The van der Waals surface area contributed by atoms with Crippen molar-refractivity contribution in [3.63, 3.8) is 0 Å². The lowest BCUT2D eigenvalue weighted by Crippen LogP contribution is -2.58. The Kier molecular flexibility index (Phi) is 13.8. The molecule has 61 heavy (non-hydrogen) atoms. The highest BCUT2D eigenvalue weighted by Crippen LogP contribution is 2.70. The Balaban J connectivity index is 0.701. The highest BCUT2D eigenvalue weighted by atomic mass is 16.3. The SMILES string of the molecule is C[C@H](CCC(=O)NCCNCCNC(=O)CC[C@@H](C)[C@H]1CCC2C3CCC4C[C@H](O)CC[C@]4(C)C3C[C@H](O)[C@@]21C)[C@H]1CCC2C3CCC4C[C@H](O)CC[C@]4(C)C3C[C@H](O)[C@@]21C. The Morgan fingerprint density at radius 2 is 0.934 bits per heavy atom. The van der Waals surface area contributed by atoms with Crippen LogP contribution in [-0.2, 0) is 9.59 Å². The summed E-state index contributed by atoms with van der Waals surface area (Å²) in [6.07, 6.45) is 19.2. The summed E-state index contributed by atoms with van der Waals surface area (Å²) in [5.74, 6) is 6.65. The number of hydrogen-bond donors (Lipinski definition) is 7. The molecule has 0 spiro atoms. The zero-order chi connectivity index (χ0) is 43.5. The molecule has 0 bridgehead atoms. The molecule has 0 radical (unpaired) electrons. The fourth-order valence-corrected chi connectivity index (χ4v) is 18.3. The quantitative estimate of drug-likeness (QED) is 0.0889. The van der Waals surface area contributed by atoms with Gasteiger partial charge >= 0.3 is 0 Å². The Hall–Kier alpha value is -1.26. The number of carbonyl (C=O) groups excluding carboxylic acids is 2. The number of aliphatic hydroxyl groups is 4. The van der Waals surface area contributed by atoms with Crippen LogP contribution in [0.15, 0.2) is 0 Å². The van der Waals surface area contributed by atoms with Crippen LogP contribution >= 0.6 is 0 Å². The van der Waals surface area contributed by atoms with Crippen molar-refractivity contribution in [1.82, 2.24) is 16.0 Å². The molecule has 8 saturated carbocycles. The van der Waals surface area contributed by atoms with E-state index in [9.17, 15) is 30.0 Å². The van der Waals surface area contributed by atoms with Crippen LogP contribution < -0.4 is 16.0 Å². The molecule has 0 aliphatic heterocycles. The van der Waals surface area contributed by atoms with Crippen molar-refractivity contribution < 1.29 is 30.0 Å². The molecule has 0 saturated heterocycles. The number of nitrogens with one attached hydrogen (secondary N) is 3. The summed E-state index contributed by atoms with van der Waals surface area (Å²) in [6, 6.07) is 0. The Morgan fingerprint density at radius 3 is 1.34 bits per heavy atom. The highest BCUT2D eigenvalue weighted by Gasteiger charge is 2.65. The number of rotatable bonds is 14. The molecular weight excluding hydrogens is 763 g/mol. The van der Waals surface area contributed by atoms with Gasteiger partial charge in [-0.2, -0.15) is 0 Å². The second-order valence-electron chi connectivity index (χ2n) is 24.3. The third-order valence-corrected chi connectivity index (χ3v) is 21.9. The fraction of sp³-hybridized carbons (Fsp3) is 0.962. The minimum atomic E-state index is -0.291. The lowest BCUT2D eigenvalue weighted by atomic mass is 9.43. The number of fused-ring (bicyclic) bond motifs is 10. The smallest absolute Gasteiger partial charge is 0.220 e. The summed E-state index contributed by atoms with van der Waals surface area (Å²) >= 11 is 0. The first-order chi connectivity index (χ1) is 29.0. The molecule has 8 unspecified atom stereocenters. The van der Waals surface area contributed by atoms with E-state index in [2.05, 4.69) is 57.5 Å². The van der Waals surface area contributed by atoms with Crippen LogP contribution in [0.4, 0.5) is 0 Å².